The van der Waals surface area contributed by atoms with Gasteiger partial charge >= 0.3 is 5.97 Å². The zero-order valence-corrected chi connectivity index (χ0v) is 10.6. The Kier molecular flexibility index (Phi) is 4.49. The Morgan fingerprint density at radius 2 is 1.82 bits per heavy atom. The zero-order valence-electron chi connectivity index (χ0n) is 10.6. The van der Waals surface area contributed by atoms with Gasteiger partial charge in [-0.05, 0) is 26.0 Å². The molecule has 0 aliphatic carbocycles. The summed E-state index contributed by atoms with van der Waals surface area (Å²) in [7, 11) is 0. The molecule has 0 aliphatic rings. The zero-order chi connectivity index (χ0) is 12.9. The van der Waals surface area contributed by atoms with Gasteiger partial charge in [0.25, 0.3) is 0 Å². The summed E-state index contributed by atoms with van der Waals surface area (Å²) in [6, 6.07) is 3.74. The van der Waals surface area contributed by atoms with Gasteiger partial charge in [0, 0.05) is 18.8 Å². The normalized spacial score (nSPS) is 11.2. The van der Waals surface area contributed by atoms with E-state index in [9.17, 15) is 9.59 Å². The van der Waals surface area contributed by atoms with Gasteiger partial charge in [0.1, 0.15) is 6.61 Å². The number of carbonyl (C=O) groups excluding carboxylic acids is 2. The molecule has 0 aromatic carbocycles. The van der Waals surface area contributed by atoms with Crippen LogP contribution in [0, 0.1) is 5.41 Å². The fourth-order valence-corrected chi connectivity index (χ4v) is 1.30. The molecule has 17 heavy (non-hydrogen) atoms. The number of rotatable bonds is 6. The lowest BCUT2D eigenvalue weighted by Gasteiger charge is -2.22. The van der Waals surface area contributed by atoms with Crippen molar-refractivity contribution in [1.29, 1.82) is 0 Å². The lowest BCUT2D eigenvalue weighted by Crippen LogP contribution is -2.33. The third kappa shape index (κ3) is 4.06. The Hall–Kier alpha value is -1.58. The van der Waals surface area contributed by atoms with Crippen molar-refractivity contribution >= 4 is 11.8 Å². The van der Waals surface area contributed by atoms with E-state index in [4.69, 9.17) is 4.74 Å². The smallest absolute Gasteiger partial charge is 0.305 e. The Balaban J connectivity index is 2.51. The molecular formula is C13H19NO3. The second-order valence-electron chi connectivity index (χ2n) is 4.68. The highest BCUT2D eigenvalue weighted by molar-refractivity contribution is 5.84. The van der Waals surface area contributed by atoms with Crippen LogP contribution in [-0.4, -0.2) is 22.9 Å². The van der Waals surface area contributed by atoms with E-state index >= 15 is 0 Å². The Morgan fingerprint density at radius 1 is 1.24 bits per heavy atom. The number of ketones is 1. The topological polar surface area (TPSA) is 48.3 Å². The molecule has 0 N–H and O–H groups in total. The number of nitrogens with zero attached hydrogens (tertiary/aromatic N) is 1. The number of esters is 1. The molecule has 0 atom stereocenters. The fraction of sp³-hybridized carbons (Fsp3) is 0.538. The van der Waals surface area contributed by atoms with E-state index in [2.05, 4.69) is 0 Å². The number of ether oxygens (including phenoxy) is 1. The number of hydrogen-bond acceptors (Lipinski definition) is 3. The van der Waals surface area contributed by atoms with Crippen LogP contribution in [0.1, 0.15) is 27.2 Å². The van der Waals surface area contributed by atoms with E-state index in [0.717, 1.165) is 0 Å². The molecule has 1 rings (SSSR count). The van der Waals surface area contributed by atoms with E-state index < -0.39 is 5.41 Å². The van der Waals surface area contributed by atoms with Crippen molar-refractivity contribution in [2.75, 3.05) is 6.61 Å². The number of hydrogen-bond donors (Lipinski definition) is 0. The van der Waals surface area contributed by atoms with Crippen LogP contribution in [0.5, 0.6) is 0 Å². The highest BCUT2D eigenvalue weighted by atomic mass is 16.5. The third-order valence-corrected chi connectivity index (χ3v) is 2.63. The van der Waals surface area contributed by atoms with E-state index in [-0.39, 0.29) is 18.4 Å². The molecule has 0 aliphatic heterocycles. The minimum atomic E-state index is -0.644. The first-order valence-electron chi connectivity index (χ1n) is 5.75. The van der Waals surface area contributed by atoms with Crippen LogP contribution in [0.2, 0.25) is 0 Å². The maximum Gasteiger partial charge on any atom is 0.305 e. The summed E-state index contributed by atoms with van der Waals surface area (Å²) in [5.41, 5.74) is -0.644. The average Bonchev–Trinajstić information content (AvgIpc) is 2.78. The molecule has 1 aromatic heterocycles. The van der Waals surface area contributed by atoms with Crippen LogP contribution in [-0.2, 0) is 20.9 Å². The van der Waals surface area contributed by atoms with Crippen molar-refractivity contribution in [3.8, 4) is 0 Å². The minimum Gasteiger partial charge on any atom is -0.465 e. The lowest BCUT2D eigenvalue weighted by atomic mass is 9.89. The SMILES string of the molecule is CCC(=O)OCC(C)(C)C(=O)Cn1cccc1. The number of carbonyl (C=O) groups is 2. The van der Waals surface area contributed by atoms with E-state index in [1.54, 1.807) is 20.8 Å². The molecule has 0 unspecified atom stereocenters. The molecule has 0 amide bonds. The lowest BCUT2D eigenvalue weighted by molar-refractivity contribution is -0.148. The van der Waals surface area contributed by atoms with Crippen LogP contribution in [0.15, 0.2) is 24.5 Å². The first kappa shape index (κ1) is 13.5. The van der Waals surface area contributed by atoms with Crippen LogP contribution in [0.4, 0.5) is 0 Å². The summed E-state index contributed by atoms with van der Waals surface area (Å²) in [5, 5.41) is 0. The van der Waals surface area contributed by atoms with Gasteiger partial charge in [0.05, 0.1) is 12.0 Å². The van der Waals surface area contributed by atoms with Gasteiger partial charge in [-0.25, -0.2) is 0 Å². The highest BCUT2D eigenvalue weighted by Gasteiger charge is 2.28. The molecule has 0 radical (unpaired) electrons. The van der Waals surface area contributed by atoms with Crippen LogP contribution >= 0.6 is 0 Å². The maximum absolute atomic E-state index is 12.0. The predicted octanol–water partition coefficient (Wildman–Crippen LogP) is 2.04. The molecule has 1 aromatic rings. The Bertz CT molecular complexity index is 379. The minimum absolute atomic E-state index is 0.0533. The van der Waals surface area contributed by atoms with Gasteiger partial charge in [0.2, 0.25) is 0 Å². The summed E-state index contributed by atoms with van der Waals surface area (Å²) in [4.78, 5) is 23.1. The molecule has 4 nitrogen and oxygen atoms in total. The molecule has 94 valence electrons. The van der Waals surface area contributed by atoms with Gasteiger partial charge in [-0.3, -0.25) is 9.59 Å². The highest BCUT2D eigenvalue weighted by Crippen LogP contribution is 2.18. The number of aromatic nitrogens is 1. The quantitative estimate of drug-likeness (QED) is 0.711. The fourth-order valence-electron chi connectivity index (χ4n) is 1.30. The van der Waals surface area contributed by atoms with E-state index in [1.807, 2.05) is 29.1 Å². The predicted molar refractivity (Wildman–Crippen MR) is 64.5 cm³/mol. The van der Waals surface area contributed by atoms with Crippen molar-refractivity contribution in [3.05, 3.63) is 24.5 Å². The van der Waals surface area contributed by atoms with Crippen molar-refractivity contribution in [2.45, 2.75) is 33.7 Å². The second kappa shape index (κ2) is 5.66. The monoisotopic (exact) mass is 237 g/mol. The maximum atomic E-state index is 12.0. The molecule has 0 spiro atoms. The molecular weight excluding hydrogens is 218 g/mol. The van der Waals surface area contributed by atoms with Crippen molar-refractivity contribution in [1.82, 2.24) is 4.57 Å². The Morgan fingerprint density at radius 3 is 2.35 bits per heavy atom. The van der Waals surface area contributed by atoms with Gasteiger partial charge in [0.15, 0.2) is 5.78 Å². The summed E-state index contributed by atoms with van der Waals surface area (Å²) < 4.78 is 6.84. The molecule has 0 bridgehead atoms. The van der Waals surface area contributed by atoms with Crippen LogP contribution < -0.4 is 0 Å². The first-order chi connectivity index (χ1) is 7.95. The van der Waals surface area contributed by atoms with Crippen molar-refractivity contribution in [2.24, 2.45) is 5.41 Å². The molecule has 0 fully saturated rings. The van der Waals surface area contributed by atoms with Gasteiger partial charge in [-0.15, -0.1) is 0 Å². The van der Waals surface area contributed by atoms with Crippen LogP contribution in [0.25, 0.3) is 0 Å². The average molecular weight is 237 g/mol. The third-order valence-electron chi connectivity index (χ3n) is 2.63. The summed E-state index contributed by atoms with van der Waals surface area (Å²) in [5.74, 6) is -0.218. The molecule has 4 heteroatoms. The second-order valence-corrected chi connectivity index (χ2v) is 4.68. The molecule has 0 saturated heterocycles. The Labute approximate surface area is 102 Å². The van der Waals surface area contributed by atoms with Crippen molar-refractivity contribution < 1.29 is 14.3 Å². The molecule has 0 saturated carbocycles. The van der Waals surface area contributed by atoms with Gasteiger partial charge in [-0.2, -0.15) is 0 Å². The summed E-state index contributed by atoms with van der Waals surface area (Å²) >= 11 is 0. The molecule has 1 heterocycles. The largest absolute Gasteiger partial charge is 0.465 e. The number of Topliss-reactive ketones (excluding diaryl/α,β-unsaturated/α-hetero) is 1. The summed E-state index contributed by atoms with van der Waals surface area (Å²) in [6.07, 6.45) is 4.01. The van der Waals surface area contributed by atoms with Crippen LogP contribution in [0.3, 0.4) is 0 Å². The van der Waals surface area contributed by atoms with Gasteiger partial charge < -0.3 is 9.30 Å². The van der Waals surface area contributed by atoms with E-state index in [1.165, 1.54) is 0 Å². The van der Waals surface area contributed by atoms with Crippen molar-refractivity contribution in [3.63, 3.8) is 0 Å². The first-order valence-corrected chi connectivity index (χ1v) is 5.75. The van der Waals surface area contributed by atoms with Gasteiger partial charge in [-0.1, -0.05) is 6.92 Å². The standard InChI is InChI=1S/C13H19NO3/c1-4-12(16)17-10-13(2,3)11(15)9-14-7-5-6-8-14/h5-8H,4,9-10H2,1-3H3. The summed E-state index contributed by atoms with van der Waals surface area (Å²) in [6.45, 7) is 5.77. The van der Waals surface area contributed by atoms with E-state index in [0.29, 0.717) is 13.0 Å².